The van der Waals surface area contributed by atoms with E-state index in [9.17, 15) is 12.8 Å². The Morgan fingerprint density at radius 1 is 1.39 bits per heavy atom. The minimum Gasteiger partial charge on any atom is -0.396 e. The lowest BCUT2D eigenvalue weighted by Crippen LogP contribution is -2.13. The number of nitrogens with zero attached hydrogens (tertiary/aromatic N) is 1. The van der Waals surface area contributed by atoms with Gasteiger partial charge in [-0.3, -0.25) is 4.72 Å². The maximum Gasteiger partial charge on any atom is 0.263 e. The topological polar surface area (TPSA) is 98.2 Å². The average molecular weight is 271 g/mol. The third-order valence-electron chi connectivity index (χ3n) is 2.15. The van der Waals surface area contributed by atoms with Crippen molar-refractivity contribution in [1.82, 2.24) is 5.16 Å². The molecule has 1 aromatic carbocycles. The second-order valence-corrected chi connectivity index (χ2v) is 5.29. The van der Waals surface area contributed by atoms with Gasteiger partial charge in [-0.15, -0.1) is 0 Å². The Bertz CT molecular complexity index is 681. The Kier molecular flexibility index (Phi) is 2.95. The number of aryl methyl sites for hydroxylation is 1. The first-order chi connectivity index (χ1) is 8.38. The van der Waals surface area contributed by atoms with Crippen LogP contribution < -0.4 is 10.5 Å². The molecule has 18 heavy (non-hydrogen) atoms. The number of sulfonamides is 1. The zero-order valence-corrected chi connectivity index (χ0v) is 10.2. The van der Waals surface area contributed by atoms with Crippen LogP contribution in [0.2, 0.25) is 0 Å². The molecule has 0 radical (unpaired) electrons. The van der Waals surface area contributed by atoms with Crippen LogP contribution in [0.25, 0.3) is 0 Å². The summed E-state index contributed by atoms with van der Waals surface area (Å²) in [6.45, 7) is 1.62. The molecule has 0 bridgehead atoms. The van der Waals surface area contributed by atoms with Crippen molar-refractivity contribution in [2.24, 2.45) is 0 Å². The Balaban J connectivity index is 2.33. The molecule has 0 fully saturated rings. The van der Waals surface area contributed by atoms with Gasteiger partial charge in [0.25, 0.3) is 10.0 Å². The van der Waals surface area contributed by atoms with Crippen LogP contribution in [-0.2, 0) is 10.0 Å². The van der Waals surface area contributed by atoms with E-state index in [-0.39, 0.29) is 16.4 Å². The number of nitrogens with one attached hydrogen (secondary N) is 1. The van der Waals surface area contributed by atoms with Crippen LogP contribution in [0.4, 0.5) is 15.9 Å². The Hall–Kier alpha value is -2.09. The minimum absolute atomic E-state index is 0.0322. The maximum atomic E-state index is 13.2. The van der Waals surface area contributed by atoms with E-state index in [0.29, 0.717) is 5.76 Å². The third kappa shape index (κ3) is 2.43. The number of rotatable bonds is 3. The Labute approximate surface area is 103 Å². The van der Waals surface area contributed by atoms with Crippen molar-refractivity contribution < 1.29 is 17.3 Å². The van der Waals surface area contributed by atoms with Crippen LogP contribution in [0, 0.1) is 12.7 Å². The van der Waals surface area contributed by atoms with Gasteiger partial charge in [0.05, 0.1) is 10.6 Å². The quantitative estimate of drug-likeness (QED) is 0.824. The van der Waals surface area contributed by atoms with Crippen molar-refractivity contribution in [1.29, 1.82) is 0 Å². The highest BCUT2D eigenvalue weighted by molar-refractivity contribution is 7.92. The predicted molar refractivity (Wildman–Crippen MR) is 62.9 cm³/mol. The molecule has 0 unspecified atom stereocenters. The summed E-state index contributed by atoms with van der Waals surface area (Å²) in [6.07, 6.45) is 0. The number of hydrogen-bond donors (Lipinski definition) is 2. The molecular formula is C10H10FN3O3S. The SMILES string of the molecule is Cc1cc(NS(=O)(=O)c2ccc(N)c(F)c2)no1. The van der Waals surface area contributed by atoms with Gasteiger partial charge in [0.2, 0.25) is 0 Å². The second-order valence-electron chi connectivity index (χ2n) is 3.61. The summed E-state index contributed by atoms with van der Waals surface area (Å²) >= 11 is 0. The second kappa shape index (κ2) is 4.30. The highest BCUT2D eigenvalue weighted by Gasteiger charge is 2.17. The van der Waals surface area contributed by atoms with Gasteiger partial charge in [0, 0.05) is 6.07 Å². The first kappa shape index (κ1) is 12.4. The minimum atomic E-state index is -3.91. The van der Waals surface area contributed by atoms with Crippen LogP contribution in [-0.4, -0.2) is 13.6 Å². The average Bonchev–Trinajstić information content (AvgIpc) is 2.67. The summed E-state index contributed by atoms with van der Waals surface area (Å²) < 4.78 is 43.8. The summed E-state index contributed by atoms with van der Waals surface area (Å²) in [5, 5.41) is 3.48. The molecule has 0 saturated heterocycles. The number of anilines is 2. The molecule has 1 aromatic heterocycles. The molecule has 0 aliphatic carbocycles. The molecule has 0 spiro atoms. The standard InChI is InChI=1S/C10H10FN3O3S/c1-6-4-10(13-17-6)14-18(15,16)7-2-3-9(12)8(11)5-7/h2-5H,12H2,1H3,(H,13,14). The molecule has 3 N–H and O–H groups in total. The van der Waals surface area contributed by atoms with Gasteiger partial charge < -0.3 is 10.3 Å². The van der Waals surface area contributed by atoms with E-state index >= 15 is 0 Å². The lowest BCUT2D eigenvalue weighted by molar-refractivity contribution is 0.400. The number of hydrogen-bond acceptors (Lipinski definition) is 5. The Morgan fingerprint density at radius 2 is 2.11 bits per heavy atom. The van der Waals surface area contributed by atoms with Crippen molar-refractivity contribution in [2.45, 2.75) is 11.8 Å². The van der Waals surface area contributed by atoms with Crippen LogP contribution in [0.5, 0.6) is 0 Å². The van der Waals surface area contributed by atoms with Crippen LogP contribution in [0.1, 0.15) is 5.76 Å². The lowest BCUT2D eigenvalue weighted by atomic mass is 10.3. The van der Waals surface area contributed by atoms with E-state index in [4.69, 9.17) is 10.3 Å². The van der Waals surface area contributed by atoms with Crippen LogP contribution in [0.3, 0.4) is 0 Å². The number of nitrogens with two attached hydrogens (primary N) is 1. The van der Waals surface area contributed by atoms with Crippen molar-refractivity contribution in [3.63, 3.8) is 0 Å². The monoisotopic (exact) mass is 271 g/mol. The molecule has 2 rings (SSSR count). The van der Waals surface area contributed by atoms with E-state index in [1.807, 2.05) is 0 Å². The van der Waals surface area contributed by atoms with Crippen molar-refractivity contribution >= 4 is 21.5 Å². The molecular weight excluding hydrogens is 261 g/mol. The fourth-order valence-electron chi connectivity index (χ4n) is 1.29. The Morgan fingerprint density at radius 3 is 2.67 bits per heavy atom. The summed E-state index contributed by atoms with van der Waals surface area (Å²) in [5.74, 6) is -0.310. The van der Waals surface area contributed by atoms with Gasteiger partial charge >= 0.3 is 0 Å². The van der Waals surface area contributed by atoms with Crippen molar-refractivity contribution in [3.05, 3.63) is 35.8 Å². The van der Waals surface area contributed by atoms with E-state index < -0.39 is 15.8 Å². The summed E-state index contributed by atoms with van der Waals surface area (Å²) in [7, 11) is -3.91. The van der Waals surface area contributed by atoms with Gasteiger partial charge in [0.1, 0.15) is 11.6 Å². The van der Waals surface area contributed by atoms with Gasteiger partial charge in [-0.05, 0) is 25.1 Å². The van der Waals surface area contributed by atoms with Crippen molar-refractivity contribution in [2.75, 3.05) is 10.5 Å². The molecule has 0 aliphatic heterocycles. The summed E-state index contributed by atoms with van der Waals surface area (Å²) in [4.78, 5) is -0.241. The highest BCUT2D eigenvalue weighted by atomic mass is 32.2. The van der Waals surface area contributed by atoms with Gasteiger partial charge in [-0.2, -0.15) is 0 Å². The molecule has 0 atom stereocenters. The summed E-state index contributed by atoms with van der Waals surface area (Å²) in [5.41, 5.74) is 5.15. The number of aromatic nitrogens is 1. The third-order valence-corrected chi connectivity index (χ3v) is 3.50. The lowest BCUT2D eigenvalue weighted by Gasteiger charge is -2.05. The molecule has 0 saturated carbocycles. The van der Waals surface area contributed by atoms with Crippen LogP contribution in [0.15, 0.2) is 33.7 Å². The highest BCUT2D eigenvalue weighted by Crippen LogP contribution is 2.19. The molecule has 1 heterocycles. The fourth-order valence-corrected chi connectivity index (χ4v) is 2.28. The molecule has 2 aromatic rings. The molecule has 96 valence electrons. The number of halogens is 1. The number of benzene rings is 1. The normalized spacial score (nSPS) is 11.4. The first-order valence-corrected chi connectivity index (χ1v) is 6.38. The molecule has 0 aliphatic rings. The van der Waals surface area contributed by atoms with Gasteiger partial charge in [0.15, 0.2) is 5.82 Å². The zero-order valence-electron chi connectivity index (χ0n) is 9.34. The van der Waals surface area contributed by atoms with E-state index in [1.54, 1.807) is 6.92 Å². The molecule has 8 heteroatoms. The van der Waals surface area contributed by atoms with Crippen LogP contribution >= 0.6 is 0 Å². The first-order valence-electron chi connectivity index (χ1n) is 4.89. The van der Waals surface area contributed by atoms with E-state index in [2.05, 4.69) is 9.88 Å². The molecule has 6 nitrogen and oxygen atoms in total. The largest absolute Gasteiger partial charge is 0.396 e. The van der Waals surface area contributed by atoms with E-state index in [0.717, 1.165) is 6.07 Å². The van der Waals surface area contributed by atoms with E-state index in [1.165, 1.54) is 18.2 Å². The predicted octanol–water partition coefficient (Wildman–Crippen LogP) is 1.51. The zero-order chi connectivity index (χ0) is 13.3. The fraction of sp³-hybridized carbons (Fsp3) is 0.100. The van der Waals surface area contributed by atoms with Crippen molar-refractivity contribution in [3.8, 4) is 0 Å². The van der Waals surface area contributed by atoms with Gasteiger partial charge in [-0.1, -0.05) is 5.16 Å². The van der Waals surface area contributed by atoms with Gasteiger partial charge in [-0.25, -0.2) is 12.8 Å². The smallest absolute Gasteiger partial charge is 0.263 e. The summed E-state index contributed by atoms with van der Waals surface area (Å²) in [6, 6.07) is 4.63. The number of nitrogen functional groups attached to an aromatic ring is 1. The molecule has 0 amide bonds. The maximum absolute atomic E-state index is 13.2.